The van der Waals surface area contributed by atoms with Crippen molar-refractivity contribution in [1.29, 1.82) is 0 Å². The predicted molar refractivity (Wildman–Crippen MR) is 121 cm³/mol. The second kappa shape index (κ2) is 11.4. The highest BCUT2D eigenvalue weighted by molar-refractivity contribution is 5.76. The number of nitrogens with one attached hydrogen (secondary N) is 1. The summed E-state index contributed by atoms with van der Waals surface area (Å²) in [4.78, 5) is 12.1. The van der Waals surface area contributed by atoms with Crippen LogP contribution in [-0.4, -0.2) is 36.9 Å². The third kappa shape index (κ3) is 7.04. The molecule has 31 heavy (non-hydrogen) atoms. The quantitative estimate of drug-likeness (QED) is 0.632. The first-order valence-corrected chi connectivity index (χ1v) is 10.9. The Balaban J connectivity index is 1.84. The highest BCUT2D eigenvalue weighted by Crippen LogP contribution is 2.34. The molecule has 0 saturated heterocycles. The second-order valence-corrected chi connectivity index (χ2v) is 7.98. The lowest BCUT2D eigenvalue weighted by atomic mass is 9.98. The molecule has 2 unspecified atom stereocenters. The minimum absolute atomic E-state index is 0.0670. The van der Waals surface area contributed by atoms with Crippen molar-refractivity contribution < 1.29 is 19.4 Å². The first-order chi connectivity index (χ1) is 15.0. The van der Waals surface area contributed by atoms with Crippen LogP contribution < -0.4 is 14.8 Å². The van der Waals surface area contributed by atoms with Crippen molar-refractivity contribution in [3.8, 4) is 23.3 Å². The maximum absolute atomic E-state index is 12.1. The summed E-state index contributed by atoms with van der Waals surface area (Å²) >= 11 is 0. The van der Waals surface area contributed by atoms with Gasteiger partial charge in [0, 0.05) is 12.1 Å². The molecule has 2 atom stereocenters. The largest absolute Gasteiger partial charge is 0.493 e. The van der Waals surface area contributed by atoms with Gasteiger partial charge in [0.1, 0.15) is 0 Å². The van der Waals surface area contributed by atoms with Crippen molar-refractivity contribution in [2.75, 3.05) is 13.7 Å². The fraction of sp³-hybridized carbons (Fsp3) is 0.423. The van der Waals surface area contributed by atoms with Gasteiger partial charge in [0.15, 0.2) is 11.5 Å². The molecule has 1 saturated carbocycles. The van der Waals surface area contributed by atoms with Crippen molar-refractivity contribution in [3.63, 3.8) is 0 Å². The minimum Gasteiger partial charge on any atom is -0.493 e. The number of carbonyl (C=O) groups is 1. The summed E-state index contributed by atoms with van der Waals surface area (Å²) in [7, 11) is 1.64. The average molecular weight is 422 g/mol. The zero-order valence-corrected chi connectivity index (χ0v) is 18.3. The number of aliphatic hydroxyl groups is 1. The normalized spacial score (nSPS) is 15.5. The molecule has 0 spiro atoms. The molecule has 0 heterocycles. The Morgan fingerprint density at radius 1 is 1.16 bits per heavy atom. The topological polar surface area (TPSA) is 67.8 Å². The number of ether oxygens (including phenoxy) is 2. The monoisotopic (exact) mass is 421 g/mol. The van der Waals surface area contributed by atoms with Crippen LogP contribution in [0.15, 0.2) is 48.5 Å². The molecular formula is C26H31NO4. The van der Waals surface area contributed by atoms with Crippen LogP contribution in [0.4, 0.5) is 0 Å². The lowest BCUT2D eigenvalue weighted by Gasteiger charge is -2.19. The van der Waals surface area contributed by atoms with E-state index in [9.17, 15) is 9.90 Å². The molecular weight excluding hydrogens is 390 g/mol. The second-order valence-electron chi connectivity index (χ2n) is 7.98. The number of benzene rings is 2. The molecule has 5 nitrogen and oxygen atoms in total. The molecule has 1 aliphatic carbocycles. The minimum atomic E-state index is -0.679. The van der Waals surface area contributed by atoms with Gasteiger partial charge in [-0.3, -0.25) is 4.79 Å². The van der Waals surface area contributed by atoms with Gasteiger partial charge in [-0.05, 0) is 62.4 Å². The lowest BCUT2D eigenvalue weighted by molar-refractivity contribution is -0.122. The summed E-state index contributed by atoms with van der Waals surface area (Å²) in [5.74, 6) is 7.49. The first kappa shape index (κ1) is 22.7. The number of amides is 1. The number of aliphatic hydroxyl groups excluding tert-OH is 1. The number of hydrogen-bond acceptors (Lipinski definition) is 4. The van der Waals surface area contributed by atoms with E-state index >= 15 is 0 Å². The lowest BCUT2D eigenvalue weighted by Crippen LogP contribution is -2.30. The Labute approximate surface area is 184 Å². The number of carbonyl (C=O) groups excluding carboxylic acids is 1. The molecule has 0 aromatic heterocycles. The molecule has 0 radical (unpaired) electrons. The average Bonchev–Trinajstić information content (AvgIpc) is 3.27. The van der Waals surface area contributed by atoms with Crippen molar-refractivity contribution in [1.82, 2.24) is 5.32 Å². The number of rotatable bonds is 8. The summed E-state index contributed by atoms with van der Waals surface area (Å²) in [5, 5.41) is 12.4. The van der Waals surface area contributed by atoms with E-state index in [-0.39, 0.29) is 24.3 Å². The Kier molecular flexibility index (Phi) is 8.37. The SMILES string of the molecule is COc1ccc(C(C#Cc2ccccc2)CNC(=O)CC(C)O)cc1OC1CCCC1. The van der Waals surface area contributed by atoms with Crippen LogP contribution in [0.5, 0.6) is 11.5 Å². The summed E-state index contributed by atoms with van der Waals surface area (Å²) in [6.45, 7) is 1.95. The standard InChI is InChI=1S/C26H31NO4/c1-19(28)16-26(29)27-18-22(13-12-20-8-4-3-5-9-20)21-14-15-24(30-2)25(17-21)31-23-10-6-7-11-23/h3-5,8-9,14-15,17,19,22-23,28H,6-7,10-11,16,18H2,1-2H3,(H,27,29). The van der Waals surface area contributed by atoms with Crippen molar-refractivity contribution in [2.45, 2.75) is 57.2 Å². The Morgan fingerprint density at radius 2 is 1.90 bits per heavy atom. The summed E-state index contributed by atoms with van der Waals surface area (Å²) in [6, 6.07) is 15.6. The van der Waals surface area contributed by atoms with Crippen LogP contribution in [0, 0.1) is 11.8 Å². The fourth-order valence-corrected chi connectivity index (χ4v) is 3.69. The van der Waals surface area contributed by atoms with Gasteiger partial charge in [-0.2, -0.15) is 0 Å². The first-order valence-electron chi connectivity index (χ1n) is 10.9. The fourth-order valence-electron chi connectivity index (χ4n) is 3.69. The van der Waals surface area contributed by atoms with E-state index in [4.69, 9.17) is 9.47 Å². The zero-order valence-electron chi connectivity index (χ0n) is 18.3. The molecule has 2 N–H and O–H groups in total. The van der Waals surface area contributed by atoms with Gasteiger partial charge in [-0.15, -0.1) is 0 Å². The Morgan fingerprint density at radius 3 is 2.58 bits per heavy atom. The van der Waals surface area contributed by atoms with E-state index in [1.807, 2.05) is 48.5 Å². The van der Waals surface area contributed by atoms with Gasteiger partial charge < -0.3 is 19.9 Å². The van der Waals surface area contributed by atoms with Crippen molar-refractivity contribution in [3.05, 3.63) is 59.7 Å². The highest BCUT2D eigenvalue weighted by Gasteiger charge is 2.20. The van der Waals surface area contributed by atoms with Gasteiger partial charge in [0.25, 0.3) is 0 Å². The van der Waals surface area contributed by atoms with Crippen LogP contribution in [-0.2, 0) is 4.79 Å². The molecule has 2 aromatic rings. The summed E-state index contributed by atoms with van der Waals surface area (Å²) in [5.41, 5.74) is 1.87. The molecule has 164 valence electrons. The van der Waals surface area contributed by atoms with Crippen LogP contribution in [0.2, 0.25) is 0 Å². The summed E-state index contributed by atoms with van der Waals surface area (Å²) in [6.07, 6.45) is 4.09. The number of methoxy groups -OCH3 is 1. The third-order valence-corrected chi connectivity index (χ3v) is 5.33. The highest BCUT2D eigenvalue weighted by atomic mass is 16.5. The van der Waals surface area contributed by atoms with E-state index in [0.29, 0.717) is 18.0 Å². The van der Waals surface area contributed by atoms with E-state index in [1.165, 1.54) is 12.8 Å². The molecule has 3 rings (SSSR count). The molecule has 0 bridgehead atoms. The van der Waals surface area contributed by atoms with Gasteiger partial charge >= 0.3 is 0 Å². The molecule has 2 aromatic carbocycles. The molecule has 5 heteroatoms. The van der Waals surface area contributed by atoms with Crippen LogP contribution in [0.1, 0.15) is 56.1 Å². The van der Waals surface area contributed by atoms with Crippen LogP contribution >= 0.6 is 0 Å². The van der Waals surface area contributed by atoms with Gasteiger partial charge in [0.2, 0.25) is 5.91 Å². The predicted octanol–water partition coefficient (Wildman–Crippen LogP) is 4.04. The van der Waals surface area contributed by atoms with Crippen molar-refractivity contribution in [2.24, 2.45) is 0 Å². The van der Waals surface area contributed by atoms with Crippen LogP contribution in [0.3, 0.4) is 0 Å². The maximum Gasteiger partial charge on any atom is 0.222 e. The molecule has 1 aliphatic rings. The van der Waals surface area contributed by atoms with E-state index in [2.05, 4.69) is 17.2 Å². The van der Waals surface area contributed by atoms with Crippen LogP contribution in [0.25, 0.3) is 0 Å². The smallest absolute Gasteiger partial charge is 0.222 e. The number of hydrogen-bond donors (Lipinski definition) is 2. The van der Waals surface area contributed by atoms with Gasteiger partial charge in [-0.25, -0.2) is 0 Å². The van der Waals surface area contributed by atoms with E-state index in [0.717, 1.165) is 24.0 Å². The summed E-state index contributed by atoms with van der Waals surface area (Å²) < 4.78 is 11.7. The van der Waals surface area contributed by atoms with E-state index in [1.54, 1.807) is 14.0 Å². The molecule has 0 aliphatic heterocycles. The van der Waals surface area contributed by atoms with Crippen molar-refractivity contribution >= 4 is 5.91 Å². The van der Waals surface area contributed by atoms with Gasteiger partial charge in [0.05, 0.1) is 31.7 Å². The third-order valence-electron chi connectivity index (χ3n) is 5.33. The molecule has 1 amide bonds. The Bertz CT molecular complexity index is 908. The van der Waals surface area contributed by atoms with E-state index < -0.39 is 6.10 Å². The zero-order chi connectivity index (χ0) is 22.1. The van der Waals surface area contributed by atoms with Gasteiger partial charge in [-0.1, -0.05) is 36.1 Å². The molecule has 1 fully saturated rings. The Hall–Kier alpha value is -2.97. The maximum atomic E-state index is 12.1.